The summed E-state index contributed by atoms with van der Waals surface area (Å²) in [6, 6.07) is 13.5. The van der Waals surface area contributed by atoms with Crippen LogP contribution in [0.5, 0.6) is 0 Å². The Kier molecular flexibility index (Phi) is 4.49. The summed E-state index contributed by atoms with van der Waals surface area (Å²) in [6.07, 6.45) is 5.04. The summed E-state index contributed by atoms with van der Waals surface area (Å²) in [5, 5.41) is 0. The first-order valence-corrected chi connectivity index (χ1v) is 9.44. The number of fused-ring (bicyclic) bond motifs is 1. The molecule has 0 spiro atoms. The minimum absolute atomic E-state index is 0.191. The molecule has 2 heterocycles. The summed E-state index contributed by atoms with van der Waals surface area (Å²) < 4.78 is 0. The van der Waals surface area contributed by atoms with Crippen LogP contribution in [-0.2, 0) is 6.54 Å². The molecule has 0 N–H and O–H groups in total. The van der Waals surface area contributed by atoms with E-state index in [1.165, 1.54) is 41.8 Å². The number of amides is 2. The van der Waals surface area contributed by atoms with Crippen molar-refractivity contribution in [1.29, 1.82) is 0 Å². The lowest BCUT2D eigenvalue weighted by Crippen LogP contribution is -2.29. The standard InChI is InChI=1S/C22H24N2O2/c1-16-12-17(14-18(13-16)23-10-6-2-3-7-11-23)15-24-21(25)19-8-4-5-9-20(19)22(24)26/h4-5,8-9,12-14H,2-3,6-7,10-11,15H2,1H3. The number of carbonyl (C=O) groups is 2. The fraction of sp³-hybridized carbons (Fsp3) is 0.364. The molecule has 0 saturated carbocycles. The van der Waals surface area contributed by atoms with Gasteiger partial charge < -0.3 is 4.90 Å². The van der Waals surface area contributed by atoms with Crippen molar-refractivity contribution in [3.63, 3.8) is 0 Å². The molecule has 2 aromatic rings. The molecule has 2 amide bonds. The van der Waals surface area contributed by atoms with Crippen molar-refractivity contribution >= 4 is 17.5 Å². The fourth-order valence-corrected chi connectivity index (χ4v) is 4.01. The summed E-state index contributed by atoms with van der Waals surface area (Å²) in [5.41, 5.74) is 4.41. The van der Waals surface area contributed by atoms with Crippen LogP contribution in [-0.4, -0.2) is 29.8 Å². The van der Waals surface area contributed by atoms with Gasteiger partial charge in [0.15, 0.2) is 0 Å². The Morgan fingerprint density at radius 1 is 0.846 bits per heavy atom. The molecule has 4 nitrogen and oxygen atoms in total. The maximum Gasteiger partial charge on any atom is 0.261 e. The Morgan fingerprint density at radius 2 is 1.46 bits per heavy atom. The largest absolute Gasteiger partial charge is 0.372 e. The van der Waals surface area contributed by atoms with Crippen molar-refractivity contribution in [2.24, 2.45) is 0 Å². The Bertz CT molecular complexity index is 816. The molecule has 0 atom stereocenters. The second-order valence-electron chi connectivity index (χ2n) is 7.32. The molecule has 134 valence electrons. The minimum atomic E-state index is -0.191. The van der Waals surface area contributed by atoms with Crippen LogP contribution < -0.4 is 4.90 Å². The number of carbonyl (C=O) groups excluding carboxylic acids is 2. The van der Waals surface area contributed by atoms with Crippen molar-refractivity contribution in [2.45, 2.75) is 39.2 Å². The SMILES string of the molecule is Cc1cc(CN2C(=O)c3ccccc3C2=O)cc(N2CCCCCC2)c1. The van der Waals surface area contributed by atoms with Gasteiger partial charge in [-0.25, -0.2) is 0 Å². The Morgan fingerprint density at radius 3 is 2.08 bits per heavy atom. The summed E-state index contributed by atoms with van der Waals surface area (Å²) in [7, 11) is 0. The second kappa shape index (κ2) is 6.94. The molecule has 0 aromatic heterocycles. The predicted octanol–water partition coefficient (Wildman–Crippen LogP) is 4.17. The average Bonchev–Trinajstić information content (AvgIpc) is 2.85. The summed E-state index contributed by atoms with van der Waals surface area (Å²) in [4.78, 5) is 29.0. The molecular weight excluding hydrogens is 324 g/mol. The van der Waals surface area contributed by atoms with Crippen LogP contribution >= 0.6 is 0 Å². The van der Waals surface area contributed by atoms with Crippen molar-refractivity contribution in [1.82, 2.24) is 4.90 Å². The van der Waals surface area contributed by atoms with E-state index >= 15 is 0 Å². The van der Waals surface area contributed by atoms with E-state index in [0.29, 0.717) is 17.7 Å². The van der Waals surface area contributed by atoms with Gasteiger partial charge in [0.1, 0.15) is 0 Å². The van der Waals surface area contributed by atoms with Gasteiger partial charge in [0.05, 0.1) is 17.7 Å². The molecule has 26 heavy (non-hydrogen) atoms. The number of hydrogen-bond donors (Lipinski definition) is 0. The first-order chi connectivity index (χ1) is 12.6. The lowest BCUT2D eigenvalue weighted by Gasteiger charge is -2.24. The highest BCUT2D eigenvalue weighted by Gasteiger charge is 2.35. The van der Waals surface area contributed by atoms with Gasteiger partial charge in [-0.2, -0.15) is 0 Å². The number of anilines is 1. The molecule has 0 aliphatic carbocycles. The Labute approximate surface area is 154 Å². The molecule has 1 saturated heterocycles. The second-order valence-corrected chi connectivity index (χ2v) is 7.32. The third kappa shape index (κ3) is 3.12. The van der Waals surface area contributed by atoms with Crippen LogP contribution in [0.3, 0.4) is 0 Å². The topological polar surface area (TPSA) is 40.6 Å². The van der Waals surface area contributed by atoms with E-state index in [9.17, 15) is 9.59 Å². The van der Waals surface area contributed by atoms with Crippen LogP contribution in [0, 0.1) is 6.92 Å². The lowest BCUT2D eigenvalue weighted by molar-refractivity contribution is 0.0642. The van der Waals surface area contributed by atoms with Crippen molar-refractivity contribution in [3.05, 3.63) is 64.7 Å². The quantitative estimate of drug-likeness (QED) is 0.782. The van der Waals surface area contributed by atoms with Gasteiger partial charge >= 0.3 is 0 Å². The minimum Gasteiger partial charge on any atom is -0.372 e. The number of benzene rings is 2. The molecule has 0 unspecified atom stereocenters. The van der Waals surface area contributed by atoms with Crippen molar-refractivity contribution in [3.8, 4) is 0 Å². The Hall–Kier alpha value is -2.62. The maximum atomic E-state index is 12.6. The third-order valence-electron chi connectivity index (χ3n) is 5.31. The van der Waals surface area contributed by atoms with E-state index in [4.69, 9.17) is 0 Å². The summed E-state index contributed by atoms with van der Waals surface area (Å²) in [5.74, 6) is -0.383. The van der Waals surface area contributed by atoms with Gasteiger partial charge in [-0.1, -0.05) is 31.0 Å². The molecule has 1 fully saturated rings. The van der Waals surface area contributed by atoms with Crippen LogP contribution in [0.15, 0.2) is 42.5 Å². The number of aryl methyl sites for hydroxylation is 1. The summed E-state index contributed by atoms with van der Waals surface area (Å²) >= 11 is 0. The molecule has 0 bridgehead atoms. The van der Waals surface area contributed by atoms with Crippen LogP contribution in [0.2, 0.25) is 0 Å². The zero-order valence-corrected chi connectivity index (χ0v) is 15.2. The number of hydrogen-bond acceptors (Lipinski definition) is 3. The normalized spacial score (nSPS) is 17.4. The molecule has 2 aromatic carbocycles. The number of nitrogens with zero attached hydrogens (tertiary/aromatic N) is 2. The number of rotatable bonds is 3. The van der Waals surface area contributed by atoms with Crippen molar-refractivity contribution < 1.29 is 9.59 Å². The van der Waals surface area contributed by atoms with Crippen LogP contribution in [0.25, 0.3) is 0 Å². The highest BCUT2D eigenvalue weighted by molar-refractivity contribution is 6.21. The van der Waals surface area contributed by atoms with E-state index in [-0.39, 0.29) is 11.8 Å². The highest BCUT2D eigenvalue weighted by Crippen LogP contribution is 2.27. The molecule has 2 aliphatic heterocycles. The zero-order valence-electron chi connectivity index (χ0n) is 15.2. The van der Waals surface area contributed by atoms with Gasteiger partial charge in [-0.3, -0.25) is 14.5 Å². The number of imide groups is 1. The van der Waals surface area contributed by atoms with Gasteiger partial charge in [-0.15, -0.1) is 0 Å². The fourth-order valence-electron chi connectivity index (χ4n) is 4.01. The summed E-state index contributed by atoms with van der Waals surface area (Å²) in [6.45, 7) is 4.56. The van der Waals surface area contributed by atoms with Gasteiger partial charge in [0, 0.05) is 18.8 Å². The molecule has 0 radical (unpaired) electrons. The van der Waals surface area contributed by atoms with Crippen LogP contribution in [0.1, 0.15) is 57.5 Å². The monoisotopic (exact) mass is 348 g/mol. The van der Waals surface area contributed by atoms with E-state index in [1.807, 2.05) is 0 Å². The smallest absolute Gasteiger partial charge is 0.261 e. The van der Waals surface area contributed by atoms with E-state index in [1.54, 1.807) is 24.3 Å². The van der Waals surface area contributed by atoms with E-state index in [2.05, 4.69) is 30.0 Å². The first-order valence-electron chi connectivity index (χ1n) is 9.44. The Balaban J connectivity index is 1.59. The maximum absolute atomic E-state index is 12.6. The predicted molar refractivity (Wildman–Crippen MR) is 103 cm³/mol. The van der Waals surface area contributed by atoms with Gasteiger partial charge in [0.25, 0.3) is 11.8 Å². The zero-order chi connectivity index (χ0) is 18.1. The third-order valence-corrected chi connectivity index (χ3v) is 5.31. The molecule has 4 heteroatoms. The van der Waals surface area contributed by atoms with E-state index in [0.717, 1.165) is 18.7 Å². The van der Waals surface area contributed by atoms with E-state index < -0.39 is 0 Å². The highest BCUT2D eigenvalue weighted by atomic mass is 16.2. The average molecular weight is 348 g/mol. The van der Waals surface area contributed by atoms with Crippen LogP contribution in [0.4, 0.5) is 5.69 Å². The molecule has 4 rings (SSSR count). The van der Waals surface area contributed by atoms with Crippen molar-refractivity contribution in [2.75, 3.05) is 18.0 Å². The molecule has 2 aliphatic rings. The van der Waals surface area contributed by atoms with Gasteiger partial charge in [-0.05, 0) is 55.2 Å². The van der Waals surface area contributed by atoms with Gasteiger partial charge in [0.2, 0.25) is 0 Å². The first kappa shape index (κ1) is 16.8. The molecular formula is C22H24N2O2. The lowest BCUT2D eigenvalue weighted by atomic mass is 10.1.